The maximum absolute atomic E-state index is 12.3. The smallest absolute Gasteiger partial charge is 0.256 e. The van der Waals surface area contributed by atoms with Crippen LogP contribution < -0.4 is 10.6 Å². The van der Waals surface area contributed by atoms with Crippen molar-refractivity contribution in [3.63, 3.8) is 0 Å². The summed E-state index contributed by atoms with van der Waals surface area (Å²) in [5, 5.41) is 5.68. The van der Waals surface area contributed by atoms with Gasteiger partial charge in [-0.25, -0.2) is 0 Å². The summed E-state index contributed by atoms with van der Waals surface area (Å²) in [5.41, 5.74) is 1.35. The minimum absolute atomic E-state index is 0.0771. The van der Waals surface area contributed by atoms with E-state index >= 15 is 0 Å². The van der Waals surface area contributed by atoms with E-state index in [-0.39, 0.29) is 11.8 Å². The summed E-state index contributed by atoms with van der Waals surface area (Å²) < 4.78 is 0.731. The molecule has 2 N–H and O–H groups in total. The van der Waals surface area contributed by atoms with E-state index in [9.17, 15) is 9.59 Å². The van der Waals surface area contributed by atoms with Gasteiger partial charge >= 0.3 is 0 Å². The summed E-state index contributed by atoms with van der Waals surface area (Å²) in [6, 6.07) is 14.3. The summed E-state index contributed by atoms with van der Waals surface area (Å²) in [6.45, 7) is 5.54. The molecule has 2 aromatic carbocycles. The molecule has 0 aliphatic carbocycles. The molecule has 2 aromatic rings. The average Bonchev–Trinajstić information content (AvgIpc) is 2.47. The van der Waals surface area contributed by atoms with Crippen LogP contribution in [0.25, 0.3) is 0 Å². The Kier molecular flexibility index (Phi) is 5.21. The Morgan fingerprint density at radius 3 is 2.13 bits per heavy atom. The third-order valence-electron chi connectivity index (χ3n) is 3.18. The Labute approximate surface area is 144 Å². The SMILES string of the molecule is CC(C)(C)C(=O)Nc1cccc(NC(=O)c2ccccc2Br)c1. The fraction of sp³-hybridized carbons (Fsp3) is 0.222. The number of nitrogens with one attached hydrogen (secondary N) is 2. The van der Waals surface area contributed by atoms with Crippen LogP contribution in [0.2, 0.25) is 0 Å². The van der Waals surface area contributed by atoms with E-state index < -0.39 is 5.41 Å². The van der Waals surface area contributed by atoms with E-state index in [1.165, 1.54) is 0 Å². The summed E-state index contributed by atoms with van der Waals surface area (Å²) in [5.74, 6) is -0.288. The van der Waals surface area contributed by atoms with Gasteiger partial charge in [0.05, 0.1) is 5.56 Å². The molecule has 0 saturated heterocycles. The van der Waals surface area contributed by atoms with E-state index in [0.717, 1.165) is 4.47 Å². The highest BCUT2D eigenvalue weighted by Gasteiger charge is 2.21. The Balaban J connectivity index is 2.13. The maximum atomic E-state index is 12.3. The van der Waals surface area contributed by atoms with Crippen LogP contribution in [0.5, 0.6) is 0 Å². The first-order valence-electron chi connectivity index (χ1n) is 7.25. The minimum atomic E-state index is -0.478. The summed E-state index contributed by atoms with van der Waals surface area (Å²) in [7, 11) is 0. The van der Waals surface area contributed by atoms with Gasteiger partial charge in [-0.1, -0.05) is 39.0 Å². The summed E-state index contributed by atoms with van der Waals surface area (Å²) in [6.07, 6.45) is 0. The van der Waals surface area contributed by atoms with Crippen LogP contribution in [0, 0.1) is 5.41 Å². The Hall–Kier alpha value is -2.14. The molecule has 0 radical (unpaired) electrons. The number of benzene rings is 2. The van der Waals surface area contributed by atoms with Crippen LogP contribution in [0.1, 0.15) is 31.1 Å². The Morgan fingerprint density at radius 1 is 0.913 bits per heavy atom. The second kappa shape index (κ2) is 6.96. The van der Waals surface area contributed by atoms with Crippen LogP contribution in [-0.2, 0) is 4.79 Å². The lowest BCUT2D eigenvalue weighted by molar-refractivity contribution is -0.123. The monoisotopic (exact) mass is 374 g/mol. The molecule has 0 aliphatic rings. The zero-order valence-corrected chi connectivity index (χ0v) is 14.9. The van der Waals surface area contributed by atoms with E-state index in [4.69, 9.17) is 0 Å². The van der Waals surface area contributed by atoms with Crippen molar-refractivity contribution in [2.24, 2.45) is 5.41 Å². The van der Waals surface area contributed by atoms with E-state index in [0.29, 0.717) is 16.9 Å². The molecule has 0 fully saturated rings. The zero-order chi connectivity index (χ0) is 17.0. The molecular weight excluding hydrogens is 356 g/mol. The molecule has 5 heteroatoms. The molecule has 120 valence electrons. The van der Waals surface area contributed by atoms with Crippen molar-refractivity contribution < 1.29 is 9.59 Å². The normalized spacial score (nSPS) is 11.0. The lowest BCUT2D eigenvalue weighted by Gasteiger charge is -2.18. The molecular formula is C18H19BrN2O2. The molecule has 0 bridgehead atoms. The topological polar surface area (TPSA) is 58.2 Å². The van der Waals surface area contributed by atoms with Crippen LogP contribution in [0.15, 0.2) is 53.0 Å². The second-order valence-corrected chi connectivity index (χ2v) is 7.07. The van der Waals surface area contributed by atoms with Gasteiger partial charge < -0.3 is 10.6 Å². The quantitative estimate of drug-likeness (QED) is 0.818. The van der Waals surface area contributed by atoms with Gasteiger partial charge in [-0.15, -0.1) is 0 Å². The average molecular weight is 375 g/mol. The first-order chi connectivity index (χ1) is 10.8. The first kappa shape index (κ1) is 17.2. The standard InChI is InChI=1S/C18H19BrN2O2/c1-18(2,3)17(23)21-13-8-6-7-12(11-13)20-16(22)14-9-4-5-10-15(14)19/h4-11H,1-3H3,(H,20,22)(H,21,23). The van der Waals surface area contributed by atoms with Crippen molar-refractivity contribution in [2.45, 2.75) is 20.8 Å². The summed E-state index contributed by atoms with van der Waals surface area (Å²) in [4.78, 5) is 24.3. The first-order valence-corrected chi connectivity index (χ1v) is 8.04. The number of hydrogen-bond acceptors (Lipinski definition) is 2. The number of hydrogen-bond donors (Lipinski definition) is 2. The van der Waals surface area contributed by atoms with Gasteiger partial charge in [0.2, 0.25) is 5.91 Å². The van der Waals surface area contributed by atoms with Gasteiger partial charge in [-0.05, 0) is 46.3 Å². The predicted octanol–water partition coefficient (Wildman–Crippen LogP) is 4.69. The Bertz CT molecular complexity index is 736. The lowest BCUT2D eigenvalue weighted by Crippen LogP contribution is -2.27. The van der Waals surface area contributed by atoms with Crippen molar-refractivity contribution in [1.29, 1.82) is 0 Å². The third-order valence-corrected chi connectivity index (χ3v) is 3.87. The highest BCUT2D eigenvalue weighted by Crippen LogP contribution is 2.22. The molecule has 2 amide bonds. The molecule has 0 unspecified atom stereocenters. The molecule has 0 heterocycles. The molecule has 0 aromatic heterocycles. The van der Waals surface area contributed by atoms with Gasteiger partial charge in [0, 0.05) is 21.3 Å². The van der Waals surface area contributed by atoms with Crippen LogP contribution >= 0.6 is 15.9 Å². The predicted molar refractivity (Wildman–Crippen MR) is 96.6 cm³/mol. The number of carbonyl (C=O) groups is 2. The molecule has 0 atom stereocenters. The van der Waals surface area contributed by atoms with Gasteiger partial charge in [-0.2, -0.15) is 0 Å². The maximum Gasteiger partial charge on any atom is 0.256 e. The molecule has 0 spiro atoms. The van der Waals surface area contributed by atoms with Crippen molar-refractivity contribution >= 4 is 39.1 Å². The van der Waals surface area contributed by atoms with Gasteiger partial charge in [0.1, 0.15) is 0 Å². The highest BCUT2D eigenvalue weighted by molar-refractivity contribution is 9.10. The van der Waals surface area contributed by atoms with Crippen molar-refractivity contribution in [3.8, 4) is 0 Å². The molecule has 23 heavy (non-hydrogen) atoms. The number of amides is 2. The second-order valence-electron chi connectivity index (χ2n) is 6.22. The van der Waals surface area contributed by atoms with Crippen molar-refractivity contribution in [1.82, 2.24) is 0 Å². The molecule has 0 saturated carbocycles. The molecule has 4 nitrogen and oxygen atoms in total. The van der Waals surface area contributed by atoms with Crippen LogP contribution in [0.4, 0.5) is 11.4 Å². The van der Waals surface area contributed by atoms with Crippen LogP contribution in [0.3, 0.4) is 0 Å². The minimum Gasteiger partial charge on any atom is -0.326 e. The van der Waals surface area contributed by atoms with Crippen molar-refractivity contribution in [3.05, 3.63) is 58.6 Å². The van der Waals surface area contributed by atoms with E-state index in [1.54, 1.807) is 36.4 Å². The third kappa shape index (κ3) is 4.66. The van der Waals surface area contributed by atoms with Gasteiger partial charge in [0.15, 0.2) is 0 Å². The lowest BCUT2D eigenvalue weighted by atomic mass is 9.95. The zero-order valence-electron chi connectivity index (χ0n) is 13.3. The van der Waals surface area contributed by atoms with Gasteiger partial charge in [0.25, 0.3) is 5.91 Å². The van der Waals surface area contributed by atoms with Crippen molar-refractivity contribution in [2.75, 3.05) is 10.6 Å². The van der Waals surface area contributed by atoms with Gasteiger partial charge in [-0.3, -0.25) is 9.59 Å². The number of rotatable bonds is 3. The molecule has 0 aliphatic heterocycles. The number of anilines is 2. The summed E-state index contributed by atoms with van der Waals surface area (Å²) >= 11 is 3.36. The largest absolute Gasteiger partial charge is 0.326 e. The van der Waals surface area contributed by atoms with E-state index in [2.05, 4.69) is 26.6 Å². The van der Waals surface area contributed by atoms with E-state index in [1.807, 2.05) is 32.9 Å². The highest BCUT2D eigenvalue weighted by atomic mass is 79.9. The fourth-order valence-electron chi connectivity index (χ4n) is 1.84. The fourth-order valence-corrected chi connectivity index (χ4v) is 2.30. The number of carbonyl (C=O) groups excluding carboxylic acids is 2. The number of halogens is 1. The Morgan fingerprint density at radius 2 is 1.52 bits per heavy atom. The van der Waals surface area contributed by atoms with Crippen LogP contribution in [-0.4, -0.2) is 11.8 Å². The molecule has 2 rings (SSSR count).